The predicted molar refractivity (Wildman–Crippen MR) is 109 cm³/mol. The van der Waals surface area contributed by atoms with E-state index in [4.69, 9.17) is 24.7 Å². The highest BCUT2D eigenvalue weighted by Gasteiger charge is 2.58. The van der Waals surface area contributed by atoms with E-state index in [1.165, 1.54) is 13.4 Å². The number of carbonyl (C=O) groups excluding carboxylic acids is 1. The molecule has 0 radical (unpaired) electrons. The quantitative estimate of drug-likeness (QED) is 0.548. The van der Waals surface area contributed by atoms with Crippen molar-refractivity contribution < 1.29 is 23.7 Å². The maximum absolute atomic E-state index is 11.3. The number of hydrogen-bond donors (Lipinski definition) is 1. The lowest BCUT2D eigenvalue weighted by atomic mass is 10.1. The Morgan fingerprint density at radius 3 is 2.87 bits per heavy atom. The summed E-state index contributed by atoms with van der Waals surface area (Å²) in [5.74, 6) is -0.464. The Labute approximate surface area is 175 Å². The molecule has 0 saturated carbocycles. The number of hydrogen-bond acceptors (Lipinski definition) is 11. The van der Waals surface area contributed by atoms with Gasteiger partial charge in [-0.05, 0) is 33.9 Å². The zero-order chi connectivity index (χ0) is 21.5. The molecule has 4 heterocycles. The van der Waals surface area contributed by atoms with E-state index in [0.717, 1.165) is 6.54 Å². The van der Waals surface area contributed by atoms with Crippen LogP contribution in [-0.2, 0) is 23.7 Å². The van der Waals surface area contributed by atoms with Crippen molar-refractivity contribution in [3.8, 4) is 0 Å². The Bertz CT molecular complexity index is 756. The van der Waals surface area contributed by atoms with Crippen molar-refractivity contribution in [3.63, 3.8) is 0 Å². The number of aliphatic imine (C=N–C) groups is 3. The number of amidine groups is 1. The number of rotatable bonds is 7. The molecule has 0 amide bonds. The molecule has 0 aromatic heterocycles. The minimum absolute atomic E-state index is 0.198. The minimum atomic E-state index is -0.703. The maximum atomic E-state index is 11.3. The Morgan fingerprint density at radius 1 is 1.33 bits per heavy atom. The standard InChI is InChI=1S/C19H30N6O5/c1-19(2)29-14-11(8-24(3)7-5-6-12(26)27-4)28-18(15(14)30-19)25-10-23-13-16(20)21-9-22-17(13)25/h9-11,13-15,17-18H,5-8H2,1-4H3,(H2,20,21,22)/t11?,13?,14-,15-,17?,18?/m1/s1. The van der Waals surface area contributed by atoms with Gasteiger partial charge in [-0.3, -0.25) is 9.79 Å². The number of esters is 1. The molecule has 4 unspecified atom stereocenters. The lowest BCUT2D eigenvalue weighted by Gasteiger charge is -2.33. The molecule has 0 spiro atoms. The second kappa shape index (κ2) is 8.22. The Hall–Kier alpha value is -2.08. The van der Waals surface area contributed by atoms with Crippen LogP contribution in [0, 0.1) is 0 Å². The van der Waals surface area contributed by atoms with E-state index >= 15 is 0 Å². The van der Waals surface area contributed by atoms with Crippen LogP contribution in [0.5, 0.6) is 0 Å². The molecular formula is C19H30N6O5. The monoisotopic (exact) mass is 422 g/mol. The first-order valence-electron chi connectivity index (χ1n) is 10.2. The molecule has 2 saturated heterocycles. The van der Waals surface area contributed by atoms with Crippen molar-refractivity contribution in [1.82, 2.24) is 9.80 Å². The summed E-state index contributed by atoms with van der Waals surface area (Å²) in [5.41, 5.74) is 5.98. The van der Waals surface area contributed by atoms with E-state index in [2.05, 4.69) is 19.9 Å². The van der Waals surface area contributed by atoms with Crippen LogP contribution in [0.25, 0.3) is 0 Å². The SMILES string of the molecule is COC(=O)CCCN(C)CC1OC(N2C=NC3C(N)=NC=NC32)[C@@H]2OC(C)(C)O[C@H]12. The van der Waals surface area contributed by atoms with Gasteiger partial charge in [-0.25, -0.2) is 9.98 Å². The van der Waals surface area contributed by atoms with Crippen LogP contribution in [0.2, 0.25) is 0 Å². The van der Waals surface area contributed by atoms with Gasteiger partial charge in [0.2, 0.25) is 0 Å². The van der Waals surface area contributed by atoms with Crippen molar-refractivity contribution in [1.29, 1.82) is 0 Å². The van der Waals surface area contributed by atoms with Gasteiger partial charge in [-0.15, -0.1) is 0 Å². The topological polar surface area (TPSA) is 124 Å². The fourth-order valence-electron chi connectivity index (χ4n) is 4.35. The van der Waals surface area contributed by atoms with Gasteiger partial charge in [0.15, 0.2) is 18.2 Å². The molecule has 6 atom stereocenters. The first-order chi connectivity index (χ1) is 14.3. The van der Waals surface area contributed by atoms with E-state index in [0.29, 0.717) is 25.2 Å². The molecule has 30 heavy (non-hydrogen) atoms. The molecule has 0 aromatic rings. The molecule has 4 aliphatic heterocycles. The van der Waals surface area contributed by atoms with Crippen LogP contribution in [0.1, 0.15) is 26.7 Å². The molecular weight excluding hydrogens is 392 g/mol. The van der Waals surface area contributed by atoms with Crippen molar-refractivity contribution in [2.45, 2.75) is 69.2 Å². The van der Waals surface area contributed by atoms with E-state index in [-0.39, 0.29) is 36.5 Å². The van der Waals surface area contributed by atoms with Crippen LogP contribution in [0.3, 0.4) is 0 Å². The smallest absolute Gasteiger partial charge is 0.305 e. The van der Waals surface area contributed by atoms with Gasteiger partial charge < -0.3 is 34.5 Å². The fraction of sp³-hybridized carbons (Fsp3) is 0.789. The first-order valence-corrected chi connectivity index (χ1v) is 10.2. The summed E-state index contributed by atoms with van der Waals surface area (Å²) in [6.07, 6.45) is 2.90. The average Bonchev–Trinajstić information content (AvgIpc) is 3.34. The highest BCUT2D eigenvalue weighted by molar-refractivity contribution is 5.96. The Kier molecular flexibility index (Phi) is 5.80. The van der Waals surface area contributed by atoms with Crippen molar-refractivity contribution in [2.75, 3.05) is 27.2 Å². The summed E-state index contributed by atoms with van der Waals surface area (Å²) in [7, 11) is 3.40. The summed E-state index contributed by atoms with van der Waals surface area (Å²) in [6.45, 7) is 5.20. The molecule has 0 bridgehead atoms. The van der Waals surface area contributed by atoms with Gasteiger partial charge in [0.25, 0.3) is 0 Å². The van der Waals surface area contributed by atoms with E-state index in [1.807, 2.05) is 25.8 Å². The number of carbonyl (C=O) groups is 1. The molecule has 0 aromatic carbocycles. The molecule has 4 rings (SSSR count). The van der Waals surface area contributed by atoms with Gasteiger partial charge in [0.05, 0.1) is 13.4 Å². The summed E-state index contributed by atoms with van der Waals surface area (Å²) < 4.78 is 23.5. The van der Waals surface area contributed by atoms with E-state index < -0.39 is 12.0 Å². The fourth-order valence-corrected chi connectivity index (χ4v) is 4.35. The zero-order valence-corrected chi connectivity index (χ0v) is 17.8. The third-order valence-corrected chi connectivity index (χ3v) is 5.74. The first kappa shape index (κ1) is 21.2. The van der Waals surface area contributed by atoms with Gasteiger partial charge >= 0.3 is 5.97 Å². The van der Waals surface area contributed by atoms with Gasteiger partial charge in [0, 0.05) is 13.0 Å². The second-order valence-electron chi connectivity index (χ2n) is 8.46. The third kappa shape index (κ3) is 4.07. The largest absolute Gasteiger partial charge is 0.469 e. The van der Waals surface area contributed by atoms with Crippen LogP contribution in [-0.4, -0.2) is 104 Å². The molecule has 4 aliphatic rings. The Balaban J connectivity index is 1.43. The summed E-state index contributed by atoms with van der Waals surface area (Å²) in [5, 5.41) is 0. The van der Waals surface area contributed by atoms with Gasteiger partial charge in [-0.1, -0.05) is 0 Å². The number of nitrogens with zero attached hydrogens (tertiary/aromatic N) is 5. The number of likely N-dealkylation sites (N-methyl/N-ethyl adjacent to an activating group) is 1. The predicted octanol–water partition coefficient (Wildman–Crippen LogP) is -0.446. The van der Waals surface area contributed by atoms with E-state index in [9.17, 15) is 4.79 Å². The average molecular weight is 422 g/mol. The molecule has 2 N–H and O–H groups in total. The zero-order valence-electron chi connectivity index (χ0n) is 17.8. The molecule has 11 heteroatoms. The molecule has 166 valence electrons. The van der Waals surface area contributed by atoms with Gasteiger partial charge in [0.1, 0.15) is 36.5 Å². The van der Waals surface area contributed by atoms with Crippen LogP contribution < -0.4 is 5.73 Å². The van der Waals surface area contributed by atoms with E-state index in [1.54, 1.807) is 6.34 Å². The highest BCUT2D eigenvalue weighted by atomic mass is 16.8. The van der Waals surface area contributed by atoms with Crippen LogP contribution in [0.15, 0.2) is 15.0 Å². The number of ether oxygens (including phenoxy) is 4. The normalized spacial score (nSPS) is 36.2. The lowest BCUT2D eigenvalue weighted by molar-refractivity contribution is -0.202. The highest BCUT2D eigenvalue weighted by Crippen LogP contribution is 2.41. The van der Waals surface area contributed by atoms with Crippen molar-refractivity contribution in [3.05, 3.63) is 0 Å². The molecule has 0 aliphatic carbocycles. The molecule has 11 nitrogen and oxygen atoms in total. The number of nitrogens with two attached hydrogens (primary N) is 1. The second-order valence-corrected chi connectivity index (χ2v) is 8.46. The maximum Gasteiger partial charge on any atom is 0.305 e. The molecule has 2 fully saturated rings. The van der Waals surface area contributed by atoms with Crippen molar-refractivity contribution >= 4 is 24.5 Å². The third-order valence-electron chi connectivity index (χ3n) is 5.74. The Morgan fingerprint density at radius 2 is 2.10 bits per heavy atom. The van der Waals surface area contributed by atoms with Gasteiger partial charge in [-0.2, -0.15) is 0 Å². The summed E-state index contributed by atoms with van der Waals surface area (Å²) in [4.78, 5) is 28.4. The van der Waals surface area contributed by atoms with Crippen LogP contribution >= 0.6 is 0 Å². The summed E-state index contributed by atoms with van der Waals surface area (Å²) in [6, 6.07) is -0.313. The number of methoxy groups -OCH3 is 1. The number of fused-ring (bicyclic) bond motifs is 2. The summed E-state index contributed by atoms with van der Waals surface area (Å²) >= 11 is 0. The lowest BCUT2D eigenvalue weighted by Crippen LogP contribution is -2.51. The van der Waals surface area contributed by atoms with Crippen molar-refractivity contribution in [2.24, 2.45) is 20.7 Å². The minimum Gasteiger partial charge on any atom is -0.469 e. The van der Waals surface area contributed by atoms with Crippen LogP contribution in [0.4, 0.5) is 0 Å².